The number of hydrogen-bond donors (Lipinski definition) is 2. The van der Waals surface area contributed by atoms with Gasteiger partial charge < -0.3 is 11.1 Å². The third kappa shape index (κ3) is 5.03. The van der Waals surface area contributed by atoms with Crippen molar-refractivity contribution in [1.29, 1.82) is 0 Å². The van der Waals surface area contributed by atoms with Gasteiger partial charge in [-0.2, -0.15) is 0 Å². The van der Waals surface area contributed by atoms with Crippen molar-refractivity contribution in [2.75, 3.05) is 6.54 Å². The lowest BCUT2D eigenvalue weighted by Gasteiger charge is -2.31. The highest BCUT2D eigenvalue weighted by Crippen LogP contribution is 2.26. The number of amides is 1. The third-order valence-electron chi connectivity index (χ3n) is 3.96. The second-order valence-electron chi connectivity index (χ2n) is 5.33. The van der Waals surface area contributed by atoms with Crippen LogP contribution in [0.15, 0.2) is 18.2 Å². The second-order valence-corrected chi connectivity index (χ2v) is 6.15. The molecule has 1 aromatic rings. The molecule has 0 aliphatic heterocycles. The number of nitrogens with one attached hydrogen (secondary N) is 1. The van der Waals surface area contributed by atoms with Crippen molar-refractivity contribution in [3.63, 3.8) is 0 Å². The van der Waals surface area contributed by atoms with E-state index in [9.17, 15) is 4.79 Å². The normalized spacial score (nSPS) is 21.5. The molecule has 1 fully saturated rings. The predicted molar refractivity (Wildman–Crippen MR) is 90.4 cm³/mol. The van der Waals surface area contributed by atoms with Crippen LogP contribution in [0.5, 0.6) is 0 Å². The van der Waals surface area contributed by atoms with Crippen LogP contribution in [-0.2, 0) is 11.2 Å². The Kier molecular flexibility index (Phi) is 7.82. The van der Waals surface area contributed by atoms with Crippen LogP contribution in [-0.4, -0.2) is 18.5 Å². The van der Waals surface area contributed by atoms with E-state index in [4.69, 9.17) is 28.9 Å². The molecule has 3 N–H and O–H groups in total. The van der Waals surface area contributed by atoms with Gasteiger partial charge in [0.1, 0.15) is 0 Å². The Morgan fingerprint density at radius 2 is 1.86 bits per heavy atom. The first-order chi connectivity index (χ1) is 9.61. The van der Waals surface area contributed by atoms with E-state index in [0.29, 0.717) is 28.1 Å². The molecule has 2 rings (SSSR count). The molecular formula is C15H21Cl3N2O. The van der Waals surface area contributed by atoms with Gasteiger partial charge >= 0.3 is 0 Å². The summed E-state index contributed by atoms with van der Waals surface area (Å²) in [5.41, 5.74) is 6.47. The summed E-state index contributed by atoms with van der Waals surface area (Å²) in [5, 5.41) is 4.15. The van der Waals surface area contributed by atoms with E-state index in [1.807, 2.05) is 0 Å². The molecule has 0 spiro atoms. The van der Waals surface area contributed by atoms with Crippen LogP contribution in [0.1, 0.15) is 31.2 Å². The van der Waals surface area contributed by atoms with E-state index < -0.39 is 0 Å². The molecule has 1 aliphatic carbocycles. The van der Waals surface area contributed by atoms with Crippen molar-refractivity contribution in [3.8, 4) is 0 Å². The van der Waals surface area contributed by atoms with Crippen molar-refractivity contribution in [2.45, 2.75) is 38.1 Å². The molecule has 0 radical (unpaired) electrons. The highest BCUT2D eigenvalue weighted by Gasteiger charge is 2.25. The molecule has 0 saturated heterocycles. The van der Waals surface area contributed by atoms with Crippen LogP contribution >= 0.6 is 35.6 Å². The number of rotatable bonds is 4. The molecule has 0 aromatic heterocycles. The minimum Gasteiger partial charge on any atom is -0.353 e. The number of nitrogens with two attached hydrogens (primary N) is 1. The van der Waals surface area contributed by atoms with Crippen molar-refractivity contribution in [1.82, 2.24) is 5.32 Å². The summed E-state index contributed by atoms with van der Waals surface area (Å²) in [4.78, 5) is 12.2. The summed E-state index contributed by atoms with van der Waals surface area (Å²) < 4.78 is 0. The van der Waals surface area contributed by atoms with Gasteiger partial charge in [-0.1, -0.05) is 42.1 Å². The van der Waals surface area contributed by atoms with E-state index >= 15 is 0 Å². The van der Waals surface area contributed by atoms with Crippen molar-refractivity contribution in [2.24, 2.45) is 11.7 Å². The summed E-state index contributed by atoms with van der Waals surface area (Å²) in [6.07, 6.45) is 4.66. The van der Waals surface area contributed by atoms with Crippen LogP contribution in [0.3, 0.4) is 0 Å². The molecule has 2 unspecified atom stereocenters. The molecule has 21 heavy (non-hydrogen) atoms. The van der Waals surface area contributed by atoms with Crippen molar-refractivity contribution >= 4 is 41.5 Å². The zero-order valence-electron chi connectivity index (χ0n) is 11.8. The minimum absolute atomic E-state index is 0. The van der Waals surface area contributed by atoms with Gasteiger partial charge in [0.2, 0.25) is 5.91 Å². The largest absolute Gasteiger partial charge is 0.353 e. The fraction of sp³-hybridized carbons (Fsp3) is 0.533. The molecule has 0 bridgehead atoms. The molecule has 1 saturated carbocycles. The molecule has 1 aliphatic rings. The smallest absolute Gasteiger partial charge is 0.224 e. The highest BCUT2D eigenvalue weighted by molar-refractivity contribution is 6.36. The summed E-state index contributed by atoms with van der Waals surface area (Å²) in [6.45, 7) is 0.623. The average Bonchev–Trinajstić information content (AvgIpc) is 2.44. The fourth-order valence-electron chi connectivity index (χ4n) is 2.80. The Bertz CT molecular complexity index is 462. The molecule has 6 heteroatoms. The van der Waals surface area contributed by atoms with E-state index in [2.05, 4.69) is 5.32 Å². The Morgan fingerprint density at radius 3 is 2.48 bits per heavy atom. The summed E-state index contributed by atoms with van der Waals surface area (Å²) in [6, 6.07) is 5.46. The van der Waals surface area contributed by atoms with Gasteiger partial charge in [-0.05, 0) is 43.0 Å². The van der Waals surface area contributed by atoms with Crippen molar-refractivity contribution in [3.05, 3.63) is 33.8 Å². The number of halogens is 3. The number of carbonyl (C=O) groups excluding carboxylic acids is 1. The molecule has 2 atom stereocenters. The van der Waals surface area contributed by atoms with Gasteiger partial charge in [0.05, 0.1) is 6.42 Å². The van der Waals surface area contributed by atoms with Crippen LogP contribution < -0.4 is 11.1 Å². The molecule has 1 aromatic carbocycles. The molecule has 3 nitrogen and oxygen atoms in total. The number of benzene rings is 1. The van der Waals surface area contributed by atoms with Crippen molar-refractivity contribution < 1.29 is 4.79 Å². The SMILES string of the molecule is Cl.NCC1CCCCC1NC(=O)Cc1c(Cl)cccc1Cl. The number of carbonyl (C=O) groups is 1. The number of hydrogen-bond acceptors (Lipinski definition) is 2. The van der Waals surface area contributed by atoms with Crippen LogP contribution in [0.2, 0.25) is 10.0 Å². The quantitative estimate of drug-likeness (QED) is 0.871. The summed E-state index contributed by atoms with van der Waals surface area (Å²) >= 11 is 12.2. The third-order valence-corrected chi connectivity index (χ3v) is 4.67. The minimum atomic E-state index is -0.0367. The first-order valence-corrected chi connectivity index (χ1v) is 7.79. The molecule has 0 heterocycles. The zero-order valence-corrected chi connectivity index (χ0v) is 14.1. The first-order valence-electron chi connectivity index (χ1n) is 7.04. The van der Waals surface area contributed by atoms with E-state index in [-0.39, 0.29) is 30.8 Å². The zero-order chi connectivity index (χ0) is 14.5. The maximum atomic E-state index is 12.2. The average molecular weight is 352 g/mol. The van der Waals surface area contributed by atoms with E-state index in [1.165, 1.54) is 6.42 Å². The van der Waals surface area contributed by atoms with E-state index in [1.54, 1.807) is 18.2 Å². The molecule has 1 amide bonds. The second kappa shape index (κ2) is 8.84. The monoisotopic (exact) mass is 350 g/mol. The Morgan fingerprint density at radius 1 is 1.24 bits per heavy atom. The lowest BCUT2D eigenvalue weighted by atomic mass is 9.84. The van der Waals surface area contributed by atoms with Gasteiger partial charge in [0, 0.05) is 16.1 Å². The lowest BCUT2D eigenvalue weighted by molar-refractivity contribution is -0.121. The molecule has 118 valence electrons. The van der Waals surface area contributed by atoms with Gasteiger partial charge in [-0.3, -0.25) is 4.79 Å². The Balaban J connectivity index is 0.00000220. The standard InChI is InChI=1S/C15H20Cl2N2O.ClH/c16-12-5-3-6-13(17)11(12)8-15(20)19-14-7-2-1-4-10(14)9-18;/h3,5-6,10,14H,1-2,4,7-9,18H2,(H,19,20);1H. The summed E-state index contributed by atoms with van der Waals surface area (Å²) in [7, 11) is 0. The maximum Gasteiger partial charge on any atom is 0.224 e. The lowest BCUT2D eigenvalue weighted by Crippen LogP contribution is -2.45. The molecular weight excluding hydrogens is 331 g/mol. The topological polar surface area (TPSA) is 55.1 Å². The van der Waals surface area contributed by atoms with Crippen LogP contribution in [0.25, 0.3) is 0 Å². The maximum absolute atomic E-state index is 12.2. The highest BCUT2D eigenvalue weighted by atomic mass is 35.5. The van der Waals surface area contributed by atoms with Gasteiger partial charge in [-0.25, -0.2) is 0 Å². The Hall–Kier alpha value is -0.480. The van der Waals surface area contributed by atoms with Crippen LogP contribution in [0.4, 0.5) is 0 Å². The predicted octanol–water partition coefficient (Wildman–Crippen LogP) is 3.59. The Labute approximate surface area is 142 Å². The summed E-state index contributed by atoms with van der Waals surface area (Å²) in [5.74, 6) is 0.347. The van der Waals surface area contributed by atoms with E-state index in [0.717, 1.165) is 19.3 Å². The van der Waals surface area contributed by atoms with Gasteiger partial charge in [-0.15, -0.1) is 12.4 Å². The van der Waals surface area contributed by atoms with Gasteiger partial charge in [0.25, 0.3) is 0 Å². The van der Waals surface area contributed by atoms with Crippen LogP contribution in [0, 0.1) is 5.92 Å². The fourth-order valence-corrected chi connectivity index (χ4v) is 3.33. The first kappa shape index (κ1) is 18.6. The van der Waals surface area contributed by atoms with Gasteiger partial charge in [0.15, 0.2) is 0 Å².